The highest BCUT2D eigenvalue weighted by Crippen LogP contribution is 2.53. The molecule has 3 rings (SSSR count). The minimum Gasteiger partial charge on any atom is -0.490 e. The zero-order valence-corrected chi connectivity index (χ0v) is 13.0. The van der Waals surface area contributed by atoms with Gasteiger partial charge in [0.2, 0.25) is 0 Å². The van der Waals surface area contributed by atoms with Crippen LogP contribution in [-0.2, 0) is 7.05 Å². The molecule has 1 aliphatic rings. The van der Waals surface area contributed by atoms with Crippen LogP contribution in [0.2, 0.25) is 0 Å². The van der Waals surface area contributed by atoms with Crippen molar-refractivity contribution in [1.29, 1.82) is 0 Å². The van der Waals surface area contributed by atoms with Gasteiger partial charge in [0.25, 0.3) is 0 Å². The summed E-state index contributed by atoms with van der Waals surface area (Å²) in [6.07, 6.45) is 0.639. The van der Waals surface area contributed by atoms with Gasteiger partial charge < -0.3 is 4.74 Å². The average Bonchev–Trinajstić information content (AvgIpc) is 2.87. The highest BCUT2D eigenvalue weighted by atomic mass is 35.5. The van der Waals surface area contributed by atoms with Crippen LogP contribution in [0, 0.1) is 11.7 Å². The summed E-state index contributed by atoms with van der Waals surface area (Å²) in [6, 6.07) is 2.81. The van der Waals surface area contributed by atoms with E-state index in [1.54, 1.807) is 7.05 Å². The van der Waals surface area contributed by atoms with Crippen LogP contribution in [-0.4, -0.2) is 26.5 Å². The average molecular weight is 331 g/mol. The second-order valence-corrected chi connectivity index (χ2v) is 6.84. The number of aryl methyl sites for hydroxylation is 1. The summed E-state index contributed by atoms with van der Waals surface area (Å²) in [6.45, 7) is 1.66. The summed E-state index contributed by atoms with van der Waals surface area (Å²) < 4.78 is 20.3. The number of fused-ring (bicyclic) bond motifs is 1. The molecule has 112 valence electrons. The van der Waals surface area contributed by atoms with Gasteiger partial charge in [-0.15, -0.1) is 23.2 Å². The summed E-state index contributed by atoms with van der Waals surface area (Å²) >= 11 is 11.8. The van der Waals surface area contributed by atoms with E-state index in [1.807, 2.05) is 0 Å². The van der Waals surface area contributed by atoms with Gasteiger partial charge in [-0.1, -0.05) is 0 Å². The fourth-order valence-electron chi connectivity index (χ4n) is 2.27. The third-order valence-corrected chi connectivity index (χ3v) is 4.56. The molecule has 0 spiro atoms. The van der Waals surface area contributed by atoms with Gasteiger partial charge in [-0.2, -0.15) is 5.10 Å². The van der Waals surface area contributed by atoms with Crippen molar-refractivity contribution < 1.29 is 13.9 Å². The SMILES string of the molecule is CC(=O)c1nn(C)c2cc(OCC3CC3(Cl)Cl)c(F)cc12. The summed E-state index contributed by atoms with van der Waals surface area (Å²) in [5, 5.41) is 4.58. The zero-order valence-electron chi connectivity index (χ0n) is 11.5. The molecule has 0 radical (unpaired) electrons. The van der Waals surface area contributed by atoms with Crippen molar-refractivity contribution in [2.45, 2.75) is 17.7 Å². The van der Waals surface area contributed by atoms with E-state index in [4.69, 9.17) is 27.9 Å². The molecule has 0 N–H and O–H groups in total. The smallest absolute Gasteiger partial charge is 0.180 e. The molecule has 0 bridgehead atoms. The fourth-order valence-corrected chi connectivity index (χ4v) is 2.77. The Bertz CT molecular complexity index is 742. The number of carbonyl (C=O) groups excluding carboxylic acids is 1. The molecule has 4 nitrogen and oxygen atoms in total. The lowest BCUT2D eigenvalue weighted by Crippen LogP contribution is -2.05. The van der Waals surface area contributed by atoms with E-state index in [2.05, 4.69) is 5.10 Å². The molecule has 1 saturated carbocycles. The lowest BCUT2D eigenvalue weighted by atomic mass is 10.1. The largest absolute Gasteiger partial charge is 0.490 e. The topological polar surface area (TPSA) is 44.1 Å². The molecule has 1 fully saturated rings. The zero-order chi connectivity index (χ0) is 15.4. The Balaban J connectivity index is 1.92. The maximum atomic E-state index is 14.1. The monoisotopic (exact) mass is 330 g/mol. The molecule has 1 aliphatic carbocycles. The second-order valence-electron chi connectivity index (χ2n) is 5.30. The summed E-state index contributed by atoms with van der Waals surface area (Å²) in [4.78, 5) is 11.5. The Labute approximate surface area is 130 Å². The fraction of sp³-hybridized carbons (Fsp3) is 0.429. The van der Waals surface area contributed by atoms with E-state index >= 15 is 0 Å². The highest BCUT2D eigenvalue weighted by molar-refractivity contribution is 6.50. The predicted molar refractivity (Wildman–Crippen MR) is 78.7 cm³/mol. The molecule has 1 unspecified atom stereocenters. The number of nitrogens with zero attached hydrogens (tertiary/aromatic N) is 2. The quantitative estimate of drug-likeness (QED) is 0.636. The number of hydrogen-bond donors (Lipinski definition) is 0. The number of alkyl halides is 2. The van der Waals surface area contributed by atoms with Crippen molar-refractivity contribution in [1.82, 2.24) is 9.78 Å². The molecular formula is C14H13Cl2FN2O2. The molecule has 1 aromatic heterocycles. The lowest BCUT2D eigenvalue weighted by molar-refractivity contribution is 0.101. The first kappa shape index (κ1) is 14.6. The predicted octanol–water partition coefficient (Wildman–Crippen LogP) is 3.49. The first-order chi connectivity index (χ1) is 9.79. The van der Waals surface area contributed by atoms with Gasteiger partial charge in [0.15, 0.2) is 17.3 Å². The normalized spacial score (nSPS) is 19.8. The van der Waals surface area contributed by atoms with E-state index in [1.165, 1.54) is 23.7 Å². The van der Waals surface area contributed by atoms with Crippen LogP contribution in [0.15, 0.2) is 12.1 Å². The van der Waals surface area contributed by atoms with Gasteiger partial charge in [-0.05, 0) is 12.5 Å². The summed E-state index contributed by atoms with van der Waals surface area (Å²) in [7, 11) is 1.69. The van der Waals surface area contributed by atoms with Crippen LogP contribution in [0.1, 0.15) is 23.8 Å². The molecule has 1 atom stereocenters. The van der Waals surface area contributed by atoms with Crippen molar-refractivity contribution in [3.8, 4) is 5.75 Å². The minimum atomic E-state index is -0.755. The molecule has 7 heteroatoms. The molecule has 1 heterocycles. The van der Waals surface area contributed by atoms with E-state index < -0.39 is 10.2 Å². The maximum absolute atomic E-state index is 14.1. The van der Waals surface area contributed by atoms with E-state index in [-0.39, 0.29) is 29.8 Å². The number of rotatable bonds is 4. The molecule has 0 amide bonds. The van der Waals surface area contributed by atoms with E-state index in [0.717, 1.165) is 0 Å². The van der Waals surface area contributed by atoms with Crippen molar-refractivity contribution in [2.24, 2.45) is 13.0 Å². The van der Waals surface area contributed by atoms with Crippen molar-refractivity contribution >= 4 is 39.9 Å². The van der Waals surface area contributed by atoms with Gasteiger partial charge in [-0.25, -0.2) is 4.39 Å². The number of Topliss-reactive ketones (excluding diaryl/α,β-unsaturated/α-hetero) is 1. The van der Waals surface area contributed by atoms with E-state index in [9.17, 15) is 9.18 Å². The van der Waals surface area contributed by atoms with E-state index in [0.29, 0.717) is 17.3 Å². The molecule has 2 aromatic rings. The molecular weight excluding hydrogens is 318 g/mol. The highest BCUT2D eigenvalue weighted by Gasteiger charge is 2.52. The minimum absolute atomic E-state index is 0.00949. The molecule has 21 heavy (non-hydrogen) atoms. The summed E-state index contributed by atoms with van der Waals surface area (Å²) in [5.74, 6) is -0.624. The maximum Gasteiger partial charge on any atom is 0.180 e. The number of ketones is 1. The number of carbonyl (C=O) groups is 1. The molecule has 0 aliphatic heterocycles. The number of halogens is 3. The first-order valence-corrected chi connectivity index (χ1v) is 7.23. The number of ether oxygens (including phenoxy) is 1. The third kappa shape index (κ3) is 2.60. The number of aromatic nitrogens is 2. The lowest BCUT2D eigenvalue weighted by Gasteiger charge is -2.08. The van der Waals surface area contributed by atoms with Crippen molar-refractivity contribution in [3.05, 3.63) is 23.6 Å². The van der Waals surface area contributed by atoms with Gasteiger partial charge in [0, 0.05) is 31.3 Å². The van der Waals surface area contributed by atoms with Crippen molar-refractivity contribution in [3.63, 3.8) is 0 Å². The second kappa shape index (κ2) is 4.85. The van der Waals surface area contributed by atoms with Crippen LogP contribution in [0.4, 0.5) is 4.39 Å². The Kier molecular flexibility index (Phi) is 3.37. The van der Waals surface area contributed by atoms with Gasteiger partial charge in [0.05, 0.1) is 12.1 Å². The molecule has 0 saturated heterocycles. The third-order valence-electron chi connectivity index (χ3n) is 3.63. The van der Waals surface area contributed by atoms with Gasteiger partial charge in [0.1, 0.15) is 10.0 Å². The van der Waals surface area contributed by atoms with Crippen molar-refractivity contribution in [2.75, 3.05) is 6.61 Å². The van der Waals surface area contributed by atoms with Crippen LogP contribution < -0.4 is 4.74 Å². The summed E-state index contributed by atoms with van der Waals surface area (Å²) in [5.41, 5.74) is 0.885. The Morgan fingerprint density at radius 1 is 1.57 bits per heavy atom. The van der Waals surface area contributed by atoms with Gasteiger partial charge in [-0.3, -0.25) is 9.48 Å². The number of benzene rings is 1. The Hall–Kier alpha value is -1.33. The van der Waals surface area contributed by atoms with Crippen LogP contribution >= 0.6 is 23.2 Å². The first-order valence-electron chi connectivity index (χ1n) is 6.47. The Morgan fingerprint density at radius 2 is 2.24 bits per heavy atom. The number of hydrogen-bond acceptors (Lipinski definition) is 3. The van der Waals surface area contributed by atoms with Gasteiger partial charge >= 0.3 is 0 Å². The van der Waals surface area contributed by atoms with Crippen LogP contribution in [0.5, 0.6) is 5.75 Å². The molecule has 1 aromatic carbocycles. The van der Waals surface area contributed by atoms with Crippen LogP contribution in [0.25, 0.3) is 10.9 Å². The Morgan fingerprint density at radius 3 is 2.81 bits per heavy atom. The standard InChI is InChI=1S/C14H13Cl2FN2O2/c1-7(20)13-9-3-10(17)12(4-11(9)19(2)18-13)21-6-8-5-14(8,15)16/h3-4,8H,5-6H2,1-2H3. The van der Waals surface area contributed by atoms with Crippen LogP contribution in [0.3, 0.4) is 0 Å².